The van der Waals surface area contributed by atoms with Crippen molar-refractivity contribution in [3.8, 4) is 0 Å². The molecule has 1 aliphatic heterocycles. The third-order valence-corrected chi connectivity index (χ3v) is 5.93. The Morgan fingerprint density at radius 3 is 2.46 bits per heavy atom. The Morgan fingerprint density at radius 2 is 1.96 bits per heavy atom. The molecule has 128 valence electrons. The molecule has 2 aromatic rings. The quantitative estimate of drug-likeness (QED) is 0.860. The Hall–Kier alpha value is -1.65. The van der Waals surface area contributed by atoms with E-state index in [0.29, 0.717) is 12.5 Å². The van der Waals surface area contributed by atoms with E-state index in [4.69, 9.17) is 0 Å². The van der Waals surface area contributed by atoms with Gasteiger partial charge in [-0.05, 0) is 62.2 Å². The first-order chi connectivity index (χ1) is 11.6. The summed E-state index contributed by atoms with van der Waals surface area (Å²) in [6.07, 6.45) is 1.02. The summed E-state index contributed by atoms with van der Waals surface area (Å²) in [4.78, 5) is 17.6. The van der Waals surface area contributed by atoms with E-state index in [1.54, 1.807) is 11.3 Å². The lowest BCUT2D eigenvalue weighted by molar-refractivity contribution is -0.124. The standard InChI is InChI=1S/C20H26N2OS/c1-4-16-6-8-18(9-7-16)22(13-19-10-5-14(2)24-19)20(23)15(3)17-11-21-12-17/h5-10,15,17,21H,4,11-13H2,1-3H3. The lowest BCUT2D eigenvalue weighted by atomic mass is 9.87. The SMILES string of the molecule is CCc1ccc(N(Cc2ccc(C)s2)C(=O)C(C)C2CNC2)cc1. The molecule has 0 aliphatic carbocycles. The summed E-state index contributed by atoms with van der Waals surface area (Å²) in [6, 6.07) is 12.7. The highest BCUT2D eigenvalue weighted by Crippen LogP contribution is 2.27. The molecule has 1 amide bonds. The van der Waals surface area contributed by atoms with E-state index in [1.807, 2.05) is 4.90 Å². The number of nitrogens with zero attached hydrogens (tertiary/aromatic N) is 1. The number of rotatable bonds is 6. The largest absolute Gasteiger partial charge is 0.316 e. The van der Waals surface area contributed by atoms with Crippen LogP contribution in [0.4, 0.5) is 5.69 Å². The average Bonchev–Trinajstić information content (AvgIpc) is 2.95. The van der Waals surface area contributed by atoms with Gasteiger partial charge in [0, 0.05) is 21.4 Å². The minimum absolute atomic E-state index is 0.0539. The van der Waals surface area contributed by atoms with Crippen LogP contribution in [0, 0.1) is 18.8 Å². The average molecular weight is 343 g/mol. The van der Waals surface area contributed by atoms with Crippen molar-refractivity contribution >= 4 is 22.9 Å². The Labute approximate surface area is 148 Å². The molecule has 1 saturated heterocycles. The fourth-order valence-corrected chi connectivity index (χ4v) is 3.93. The maximum absolute atomic E-state index is 13.1. The molecule has 3 rings (SSSR count). The van der Waals surface area contributed by atoms with E-state index in [2.05, 4.69) is 62.5 Å². The van der Waals surface area contributed by atoms with Crippen LogP contribution in [0.1, 0.15) is 29.2 Å². The van der Waals surface area contributed by atoms with Crippen LogP contribution in [0.3, 0.4) is 0 Å². The molecule has 2 heterocycles. The van der Waals surface area contributed by atoms with Crippen molar-refractivity contribution in [1.82, 2.24) is 5.32 Å². The summed E-state index contributed by atoms with van der Waals surface area (Å²) >= 11 is 1.77. The van der Waals surface area contributed by atoms with Gasteiger partial charge in [-0.1, -0.05) is 26.0 Å². The summed E-state index contributed by atoms with van der Waals surface area (Å²) in [6.45, 7) is 8.90. The van der Waals surface area contributed by atoms with E-state index in [0.717, 1.165) is 25.2 Å². The van der Waals surface area contributed by atoms with Crippen LogP contribution in [0.2, 0.25) is 0 Å². The highest BCUT2D eigenvalue weighted by molar-refractivity contribution is 7.11. The second-order valence-electron chi connectivity index (χ2n) is 6.66. The van der Waals surface area contributed by atoms with Crippen molar-refractivity contribution in [2.45, 2.75) is 33.7 Å². The van der Waals surface area contributed by atoms with Gasteiger partial charge in [0.1, 0.15) is 0 Å². The molecule has 1 unspecified atom stereocenters. The van der Waals surface area contributed by atoms with Gasteiger partial charge >= 0.3 is 0 Å². The zero-order chi connectivity index (χ0) is 17.1. The molecule has 0 saturated carbocycles. The third-order valence-electron chi connectivity index (χ3n) is 4.94. The Morgan fingerprint density at radius 1 is 1.25 bits per heavy atom. The fraction of sp³-hybridized carbons (Fsp3) is 0.450. The van der Waals surface area contributed by atoms with Crippen molar-refractivity contribution in [3.63, 3.8) is 0 Å². The molecule has 1 aromatic heterocycles. The van der Waals surface area contributed by atoms with Crippen molar-refractivity contribution in [1.29, 1.82) is 0 Å². The first-order valence-electron chi connectivity index (χ1n) is 8.75. The molecule has 1 aliphatic rings. The molecular formula is C20H26N2OS. The predicted octanol–water partition coefficient (Wildman–Crippen LogP) is 4.01. The number of amides is 1. The molecule has 1 atom stereocenters. The van der Waals surface area contributed by atoms with Gasteiger partial charge in [-0.15, -0.1) is 11.3 Å². The monoisotopic (exact) mass is 342 g/mol. The number of benzene rings is 1. The summed E-state index contributed by atoms with van der Waals surface area (Å²) < 4.78 is 0. The molecule has 4 heteroatoms. The first-order valence-corrected chi connectivity index (χ1v) is 9.56. The van der Waals surface area contributed by atoms with Crippen LogP contribution in [-0.2, 0) is 17.8 Å². The maximum Gasteiger partial charge on any atom is 0.230 e. The summed E-state index contributed by atoms with van der Waals surface area (Å²) in [5, 5.41) is 3.28. The summed E-state index contributed by atoms with van der Waals surface area (Å²) in [5.41, 5.74) is 2.30. The Balaban J connectivity index is 1.85. The van der Waals surface area contributed by atoms with Crippen LogP contribution < -0.4 is 10.2 Å². The van der Waals surface area contributed by atoms with Gasteiger partial charge < -0.3 is 10.2 Å². The molecule has 1 aromatic carbocycles. The zero-order valence-corrected chi connectivity index (χ0v) is 15.5. The molecular weight excluding hydrogens is 316 g/mol. The minimum Gasteiger partial charge on any atom is -0.316 e. The van der Waals surface area contributed by atoms with Crippen LogP contribution in [0.25, 0.3) is 0 Å². The van der Waals surface area contributed by atoms with E-state index >= 15 is 0 Å². The Kier molecular flexibility index (Phi) is 5.36. The van der Waals surface area contributed by atoms with Gasteiger partial charge in [-0.25, -0.2) is 0 Å². The van der Waals surface area contributed by atoms with Gasteiger partial charge in [-0.2, -0.15) is 0 Å². The number of thiophene rings is 1. The predicted molar refractivity (Wildman–Crippen MR) is 102 cm³/mol. The Bertz CT molecular complexity index is 688. The fourth-order valence-electron chi connectivity index (χ4n) is 3.05. The number of hydrogen-bond acceptors (Lipinski definition) is 3. The highest BCUT2D eigenvalue weighted by atomic mass is 32.1. The van der Waals surface area contributed by atoms with E-state index in [1.165, 1.54) is 15.3 Å². The number of carbonyl (C=O) groups is 1. The molecule has 0 radical (unpaired) electrons. The van der Waals surface area contributed by atoms with Crippen molar-refractivity contribution in [2.24, 2.45) is 11.8 Å². The smallest absolute Gasteiger partial charge is 0.230 e. The molecule has 24 heavy (non-hydrogen) atoms. The number of carbonyl (C=O) groups excluding carboxylic acids is 1. The number of hydrogen-bond donors (Lipinski definition) is 1. The van der Waals surface area contributed by atoms with Crippen LogP contribution >= 0.6 is 11.3 Å². The zero-order valence-electron chi connectivity index (χ0n) is 14.7. The molecule has 0 spiro atoms. The highest BCUT2D eigenvalue weighted by Gasteiger charge is 2.32. The first kappa shape index (κ1) is 17.2. The van der Waals surface area contributed by atoms with Crippen molar-refractivity contribution in [3.05, 3.63) is 51.7 Å². The van der Waals surface area contributed by atoms with E-state index < -0.39 is 0 Å². The van der Waals surface area contributed by atoms with Crippen LogP contribution in [0.5, 0.6) is 0 Å². The lowest BCUT2D eigenvalue weighted by Gasteiger charge is -2.35. The number of aryl methyl sites for hydroxylation is 2. The second-order valence-corrected chi connectivity index (χ2v) is 8.04. The van der Waals surface area contributed by atoms with Gasteiger partial charge in [0.2, 0.25) is 5.91 Å². The molecule has 0 bridgehead atoms. The lowest BCUT2D eigenvalue weighted by Crippen LogP contribution is -2.50. The van der Waals surface area contributed by atoms with Gasteiger partial charge in [-0.3, -0.25) is 4.79 Å². The molecule has 1 N–H and O–H groups in total. The normalized spacial score (nSPS) is 15.8. The van der Waals surface area contributed by atoms with Crippen molar-refractivity contribution in [2.75, 3.05) is 18.0 Å². The molecule has 1 fully saturated rings. The van der Waals surface area contributed by atoms with Crippen LogP contribution in [-0.4, -0.2) is 19.0 Å². The summed E-state index contributed by atoms with van der Waals surface area (Å²) in [7, 11) is 0. The summed E-state index contributed by atoms with van der Waals surface area (Å²) in [5.74, 6) is 0.745. The molecule has 3 nitrogen and oxygen atoms in total. The number of anilines is 1. The maximum atomic E-state index is 13.1. The van der Waals surface area contributed by atoms with Gasteiger partial charge in [0.25, 0.3) is 0 Å². The van der Waals surface area contributed by atoms with Gasteiger partial charge in [0.15, 0.2) is 0 Å². The van der Waals surface area contributed by atoms with E-state index in [-0.39, 0.29) is 11.8 Å². The number of nitrogens with one attached hydrogen (secondary N) is 1. The third kappa shape index (κ3) is 3.70. The topological polar surface area (TPSA) is 32.3 Å². The van der Waals surface area contributed by atoms with Gasteiger partial charge in [0.05, 0.1) is 6.54 Å². The minimum atomic E-state index is 0.0539. The second kappa shape index (κ2) is 7.49. The van der Waals surface area contributed by atoms with E-state index in [9.17, 15) is 4.79 Å². The van der Waals surface area contributed by atoms with Crippen molar-refractivity contribution < 1.29 is 4.79 Å². The van der Waals surface area contributed by atoms with Crippen LogP contribution in [0.15, 0.2) is 36.4 Å².